The smallest absolute Gasteiger partial charge is 0.218 e. The molecule has 1 aliphatic rings. The Bertz CT molecular complexity index is 654. The molecule has 2 N–H and O–H groups in total. The molecule has 0 spiro atoms. The molecule has 1 unspecified atom stereocenters. The van der Waals surface area contributed by atoms with Gasteiger partial charge < -0.3 is 15.2 Å². The molecule has 1 aromatic carbocycles. The van der Waals surface area contributed by atoms with E-state index >= 15 is 0 Å². The van der Waals surface area contributed by atoms with Crippen LogP contribution in [0.1, 0.15) is 55.3 Å². The van der Waals surface area contributed by atoms with Gasteiger partial charge in [-0.05, 0) is 49.8 Å². The molecule has 0 radical (unpaired) electrons. The SMILES string of the molecule is CC(NCc1cccnc1OC1CCCC1)c1cccc(CO)c1. The van der Waals surface area contributed by atoms with E-state index in [0.717, 1.165) is 29.8 Å². The summed E-state index contributed by atoms with van der Waals surface area (Å²) in [5, 5.41) is 12.8. The Kier molecular flexibility index (Phi) is 5.83. The molecular weight excluding hydrogens is 300 g/mol. The average Bonchev–Trinajstić information content (AvgIpc) is 3.14. The van der Waals surface area contributed by atoms with Crippen molar-refractivity contribution in [3.63, 3.8) is 0 Å². The molecule has 0 amide bonds. The lowest BCUT2D eigenvalue weighted by Gasteiger charge is -2.18. The first-order chi connectivity index (χ1) is 11.8. The van der Waals surface area contributed by atoms with E-state index in [0.29, 0.717) is 12.6 Å². The molecule has 0 bridgehead atoms. The standard InChI is InChI=1S/C20H26N2O2/c1-15(17-7-4-6-16(12-17)14-23)22-13-18-8-5-11-21-20(18)24-19-9-2-3-10-19/h4-8,11-12,15,19,22-23H,2-3,9-10,13-14H2,1H3. The van der Waals surface area contributed by atoms with Crippen molar-refractivity contribution >= 4 is 0 Å². The number of rotatable bonds is 7. The molecule has 4 nitrogen and oxygen atoms in total. The fraction of sp³-hybridized carbons (Fsp3) is 0.450. The van der Waals surface area contributed by atoms with Gasteiger partial charge in [-0.3, -0.25) is 0 Å². The van der Waals surface area contributed by atoms with Crippen LogP contribution < -0.4 is 10.1 Å². The van der Waals surface area contributed by atoms with E-state index in [4.69, 9.17) is 4.74 Å². The van der Waals surface area contributed by atoms with E-state index < -0.39 is 0 Å². The van der Waals surface area contributed by atoms with Gasteiger partial charge in [0, 0.05) is 24.3 Å². The van der Waals surface area contributed by atoms with Crippen LogP contribution in [-0.4, -0.2) is 16.2 Å². The Balaban J connectivity index is 1.63. The van der Waals surface area contributed by atoms with Crippen LogP contribution >= 0.6 is 0 Å². The quantitative estimate of drug-likeness (QED) is 0.814. The van der Waals surface area contributed by atoms with Crippen LogP contribution in [0.5, 0.6) is 5.88 Å². The Morgan fingerprint density at radius 2 is 2.08 bits per heavy atom. The summed E-state index contributed by atoms with van der Waals surface area (Å²) in [4.78, 5) is 4.42. The fourth-order valence-corrected chi connectivity index (χ4v) is 3.17. The highest BCUT2D eigenvalue weighted by Crippen LogP contribution is 2.25. The van der Waals surface area contributed by atoms with Gasteiger partial charge in [-0.2, -0.15) is 0 Å². The fourth-order valence-electron chi connectivity index (χ4n) is 3.17. The highest BCUT2D eigenvalue weighted by molar-refractivity contribution is 5.28. The maximum absolute atomic E-state index is 9.28. The molecule has 1 heterocycles. The first kappa shape index (κ1) is 16.9. The van der Waals surface area contributed by atoms with Crippen LogP contribution in [0.4, 0.5) is 0 Å². The van der Waals surface area contributed by atoms with Crippen LogP contribution in [0.3, 0.4) is 0 Å². The van der Waals surface area contributed by atoms with Crippen LogP contribution in [0, 0.1) is 0 Å². The van der Waals surface area contributed by atoms with Gasteiger partial charge in [0.05, 0.1) is 6.61 Å². The Hall–Kier alpha value is -1.91. The summed E-state index contributed by atoms with van der Waals surface area (Å²) in [7, 11) is 0. The van der Waals surface area contributed by atoms with Gasteiger partial charge in [0.25, 0.3) is 0 Å². The third-order valence-corrected chi connectivity index (χ3v) is 4.66. The molecule has 1 saturated carbocycles. The van der Waals surface area contributed by atoms with Gasteiger partial charge in [-0.1, -0.05) is 30.3 Å². The van der Waals surface area contributed by atoms with Crippen LogP contribution in [0.2, 0.25) is 0 Å². The Labute approximate surface area is 143 Å². The number of benzene rings is 1. The predicted octanol–water partition coefficient (Wildman–Crippen LogP) is 3.75. The number of aliphatic hydroxyl groups is 1. The Morgan fingerprint density at radius 3 is 2.88 bits per heavy atom. The normalized spacial score (nSPS) is 16.2. The maximum atomic E-state index is 9.28. The molecule has 1 aliphatic carbocycles. The summed E-state index contributed by atoms with van der Waals surface area (Å²) in [5.41, 5.74) is 3.20. The number of aromatic nitrogens is 1. The molecule has 1 fully saturated rings. The van der Waals surface area contributed by atoms with E-state index in [1.54, 1.807) is 6.20 Å². The molecule has 1 aromatic heterocycles. The van der Waals surface area contributed by atoms with Gasteiger partial charge in [-0.15, -0.1) is 0 Å². The third kappa shape index (κ3) is 4.34. The van der Waals surface area contributed by atoms with E-state index in [-0.39, 0.29) is 12.6 Å². The first-order valence-electron chi connectivity index (χ1n) is 8.80. The minimum Gasteiger partial charge on any atom is -0.474 e. The van der Waals surface area contributed by atoms with E-state index in [1.807, 2.05) is 24.3 Å². The summed E-state index contributed by atoms with van der Waals surface area (Å²) in [6.07, 6.45) is 6.88. The lowest BCUT2D eigenvalue weighted by Crippen LogP contribution is -2.20. The summed E-state index contributed by atoms with van der Waals surface area (Å²) in [6, 6.07) is 12.3. The largest absolute Gasteiger partial charge is 0.474 e. The van der Waals surface area contributed by atoms with E-state index in [1.165, 1.54) is 18.4 Å². The molecule has 1 atom stereocenters. The molecule has 3 rings (SSSR count). The monoisotopic (exact) mass is 326 g/mol. The van der Waals surface area contributed by atoms with Gasteiger partial charge >= 0.3 is 0 Å². The summed E-state index contributed by atoms with van der Waals surface area (Å²) in [6.45, 7) is 2.91. The lowest BCUT2D eigenvalue weighted by atomic mass is 10.1. The van der Waals surface area contributed by atoms with Gasteiger partial charge in [0.15, 0.2) is 0 Å². The molecule has 0 aliphatic heterocycles. The van der Waals surface area contributed by atoms with Gasteiger partial charge in [0.2, 0.25) is 5.88 Å². The van der Waals surface area contributed by atoms with E-state index in [2.05, 4.69) is 29.4 Å². The van der Waals surface area contributed by atoms with Gasteiger partial charge in [-0.25, -0.2) is 4.98 Å². The molecule has 4 heteroatoms. The first-order valence-corrected chi connectivity index (χ1v) is 8.80. The van der Waals surface area contributed by atoms with Crippen molar-refractivity contribution in [2.24, 2.45) is 0 Å². The van der Waals surface area contributed by atoms with Crippen molar-refractivity contribution < 1.29 is 9.84 Å². The number of hydrogen-bond donors (Lipinski definition) is 2. The number of nitrogens with zero attached hydrogens (tertiary/aromatic N) is 1. The zero-order valence-electron chi connectivity index (χ0n) is 14.2. The highest BCUT2D eigenvalue weighted by atomic mass is 16.5. The second-order valence-corrected chi connectivity index (χ2v) is 6.50. The summed E-state index contributed by atoms with van der Waals surface area (Å²) in [5.74, 6) is 0.758. The topological polar surface area (TPSA) is 54.4 Å². The number of aliphatic hydroxyl groups excluding tert-OH is 1. The van der Waals surface area contributed by atoms with Crippen molar-refractivity contribution in [3.05, 3.63) is 59.3 Å². The molecule has 0 saturated heterocycles. The van der Waals surface area contributed by atoms with Crippen molar-refractivity contribution in [2.75, 3.05) is 0 Å². The highest BCUT2D eigenvalue weighted by Gasteiger charge is 2.18. The van der Waals surface area contributed by atoms with Gasteiger partial charge in [0.1, 0.15) is 6.10 Å². The van der Waals surface area contributed by atoms with Crippen molar-refractivity contribution in [1.29, 1.82) is 0 Å². The predicted molar refractivity (Wildman–Crippen MR) is 94.7 cm³/mol. The molecule has 128 valence electrons. The third-order valence-electron chi connectivity index (χ3n) is 4.66. The maximum Gasteiger partial charge on any atom is 0.218 e. The minimum absolute atomic E-state index is 0.0720. The number of hydrogen-bond acceptors (Lipinski definition) is 4. The average molecular weight is 326 g/mol. The second kappa shape index (κ2) is 8.27. The summed E-state index contributed by atoms with van der Waals surface area (Å²) < 4.78 is 6.10. The van der Waals surface area contributed by atoms with Crippen molar-refractivity contribution in [2.45, 2.75) is 57.9 Å². The second-order valence-electron chi connectivity index (χ2n) is 6.50. The zero-order chi connectivity index (χ0) is 16.8. The zero-order valence-corrected chi connectivity index (χ0v) is 14.2. The summed E-state index contributed by atoms with van der Waals surface area (Å²) >= 11 is 0. The number of pyridine rings is 1. The van der Waals surface area contributed by atoms with Crippen LogP contribution in [0.25, 0.3) is 0 Å². The molecular formula is C20H26N2O2. The molecule has 24 heavy (non-hydrogen) atoms. The number of nitrogens with one attached hydrogen (secondary N) is 1. The minimum atomic E-state index is 0.0720. The van der Waals surface area contributed by atoms with Crippen molar-refractivity contribution in [1.82, 2.24) is 10.3 Å². The lowest BCUT2D eigenvalue weighted by molar-refractivity contribution is 0.198. The van der Waals surface area contributed by atoms with Crippen molar-refractivity contribution in [3.8, 4) is 5.88 Å². The number of ether oxygens (including phenoxy) is 1. The molecule has 2 aromatic rings. The van der Waals surface area contributed by atoms with E-state index in [9.17, 15) is 5.11 Å². The Morgan fingerprint density at radius 1 is 1.25 bits per heavy atom. The van der Waals surface area contributed by atoms with Crippen LogP contribution in [0.15, 0.2) is 42.6 Å². The van der Waals surface area contributed by atoms with Crippen LogP contribution in [-0.2, 0) is 13.2 Å².